The zero-order valence-electron chi connectivity index (χ0n) is 19.0. The molecule has 1 saturated heterocycles. The van der Waals surface area contributed by atoms with Crippen LogP contribution in [0, 0.1) is 0 Å². The minimum Gasteiger partial charge on any atom is -0.443 e. The molecule has 1 fully saturated rings. The summed E-state index contributed by atoms with van der Waals surface area (Å²) in [5.74, 6) is -0.751. The van der Waals surface area contributed by atoms with Crippen molar-refractivity contribution >= 4 is 17.4 Å². The van der Waals surface area contributed by atoms with Gasteiger partial charge >= 0.3 is 6.18 Å². The molecule has 3 N–H and O–H groups in total. The maximum absolute atomic E-state index is 13.5. The van der Waals surface area contributed by atoms with Crippen LogP contribution < -0.4 is 11.1 Å². The zero-order chi connectivity index (χ0) is 25.4. The van der Waals surface area contributed by atoms with Crippen molar-refractivity contribution in [2.45, 2.75) is 12.3 Å². The van der Waals surface area contributed by atoms with E-state index < -0.39 is 17.8 Å². The molecule has 0 bridgehead atoms. The van der Waals surface area contributed by atoms with Crippen LogP contribution in [0.4, 0.5) is 19.0 Å². The number of hydrogen-bond donors (Lipinski definition) is 2. The molecule has 0 aromatic carbocycles. The smallest absolute Gasteiger partial charge is 0.433 e. The van der Waals surface area contributed by atoms with E-state index in [0.29, 0.717) is 13.2 Å². The molecule has 14 heteroatoms. The highest BCUT2D eigenvalue weighted by atomic mass is 19.4. The van der Waals surface area contributed by atoms with Gasteiger partial charge in [0.2, 0.25) is 5.89 Å². The minimum absolute atomic E-state index is 0.0385. The van der Waals surface area contributed by atoms with Gasteiger partial charge in [0, 0.05) is 31.4 Å². The lowest BCUT2D eigenvalue weighted by atomic mass is 10.1. The molecule has 0 radical (unpaired) electrons. The van der Waals surface area contributed by atoms with Crippen LogP contribution in [-0.4, -0.2) is 74.5 Å². The van der Waals surface area contributed by atoms with Gasteiger partial charge in [-0.25, -0.2) is 19.9 Å². The lowest BCUT2D eigenvalue weighted by Gasteiger charge is -2.30. The SMILES string of the molecule is CN1CCOC(CNC(=O)c2nc(-c3ccc4ncc(C(F)(F)F)n4c3)c(-c3ncco3)nc2N)C1. The van der Waals surface area contributed by atoms with Crippen LogP contribution in [0.2, 0.25) is 0 Å². The molecule has 1 amide bonds. The Hall–Kier alpha value is -4.04. The topological polar surface area (TPSA) is 137 Å². The number of nitrogens with two attached hydrogens (primary N) is 1. The van der Waals surface area contributed by atoms with Crippen LogP contribution in [-0.2, 0) is 10.9 Å². The summed E-state index contributed by atoms with van der Waals surface area (Å²) in [5.41, 5.74) is 5.34. The van der Waals surface area contributed by atoms with Gasteiger partial charge in [0.05, 0.1) is 25.1 Å². The standard InChI is InChI=1S/C22H21F3N8O3/c1-32-5-7-35-13(11-32)8-29-20(34)18-19(26)31-17(21-27-4-6-36-21)16(30-18)12-2-3-15-28-9-14(22(23,24)25)33(15)10-12/h2-4,6,9-10,13H,5,7-8,11H2,1H3,(H2,26,31)(H,29,34). The number of amides is 1. The van der Waals surface area contributed by atoms with E-state index in [1.54, 1.807) is 0 Å². The van der Waals surface area contributed by atoms with Crippen LogP contribution in [0.3, 0.4) is 0 Å². The Morgan fingerprint density at radius 2 is 2.08 bits per heavy atom. The molecule has 36 heavy (non-hydrogen) atoms. The summed E-state index contributed by atoms with van der Waals surface area (Å²) in [7, 11) is 1.95. The molecule has 0 aliphatic carbocycles. The average molecular weight is 502 g/mol. The van der Waals surface area contributed by atoms with Gasteiger partial charge < -0.3 is 25.1 Å². The number of oxazole rings is 1. The summed E-state index contributed by atoms with van der Waals surface area (Å²) < 4.78 is 52.3. The first-order chi connectivity index (χ1) is 17.2. The fourth-order valence-electron chi connectivity index (χ4n) is 3.92. The summed E-state index contributed by atoms with van der Waals surface area (Å²) in [6, 6.07) is 2.92. The summed E-state index contributed by atoms with van der Waals surface area (Å²) in [4.78, 5) is 31.6. The van der Waals surface area contributed by atoms with Crippen molar-refractivity contribution in [3.63, 3.8) is 0 Å². The Bertz CT molecular complexity index is 1400. The molecular formula is C22H21F3N8O3. The highest BCUT2D eigenvalue weighted by Gasteiger charge is 2.34. The number of aromatic nitrogens is 5. The second kappa shape index (κ2) is 9.20. The van der Waals surface area contributed by atoms with Gasteiger partial charge in [-0.3, -0.25) is 9.20 Å². The van der Waals surface area contributed by atoms with Gasteiger partial charge in [0.15, 0.2) is 17.2 Å². The maximum atomic E-state index is 13.5. The molecule has 1 aliphatic rings. The molecule has 188 valence electrons. The Labute approximate surface area is 202 Å². The number of alkyl halides is 3. The van der Waals surface area contributed by atoms with Crippen LogP contribution >= 0.6 is 0 Å². The van der Waals surface area contributed by atoms with Crippen molar-refractivity contribution in [1.29, 1.82) is 0 Å². The third-order valence-corrected chi connectivity index (χ3v) is 5.67. The molecule has 11 nitrogen and oxygen atoms in total. The van der Waals surface area contributed by atoms with Gasteiger partial charge in [0.1, 0.15) is 23.3 Å². The van der Waals surface area contributed by atoms with Gasteiger partial charge in [-0.15, -0.1) is 0 Å². The summed E-state index contributed by atoms with van der Waals surface area (Å²) >= 11 is 0. The van der Waals surface area contributed by atoms with Crippen molar-refractivity contribution in [2.75, 3.05) is 39.0 Å². The molecular weight excluding hydrogens is 481 g/mol. The quantitative estimate of drug-likeness (QED) is 0.420. The van der Waals surface area contributed by atoms with Gasteiger partial charge in [0.25, 0.3) is 5.91 Å². The summed E-state index contributed by atoms with van der Waals surface area (Å²) in [5, 5.41) is 2.74. The van der Waals surface area contributed by atoms with E-state index in [1.165, 1.54) is 30.8 Å². The fraction of sp³-hybridized carbons (Fsp3) is 0.318. The summed E-state index contributed by atoms with van der Waals surface area (Å²) in [6.07, 6.45) is -0.203. The fourth-order valence-corrected chi connectivity index (χ4v) is 3.92. The van der Waals surface area contributed by atoms with Gasteiger partial charge in [-0.1, -0.05) is 0 Å². The number of carbonyl (C=O) groups excluding carboxylic acids is 1. The first kappa shape index (κ1) is 23.7. The number of fused-ring (bicyclic) bond motifs is 1. The third kappa shape index (κ3) is 4.59. The second-order valence-electron chi connectivity index (χ2n) is 8.24. The van der Waals surface area contributed by atoms with E-state index in [-0.39, 0.29) is 52.6 Å². The van der Waals surface area contributed by atoms with Crippen LogP contribution in [0.1, 0.15) is 16.2 Å². The van der Waals surface area contributed by atoms with Gasteiger partial charge in [-0.2, -0.15) is 13.2 Å². The number of likely N-dealkylation sites (N-methyl/N-ethyl adjacent to an activating group) is 1. The monoisotopic (exact) mass is 502 g/mol. The highest BCUT2D eigenvalue weighted by molar-refractivity contribution is 5.97. The van der Waals surface area contributed by atoms with E-state index in [4.69, 9.17) is 14.9 Å². The number of morpholine rings is 1. The van der Waals surface area contributed by atoms with Crippen molar-refractivity contribution in [2.24, 2.45) is 0 Å². The van der Waals surface area contributed by atoms with E-state index in [2.05, 4.69) is 30.2 Å². The second-order valence-corrected chi connectivity index (χ2v) is 8.24. The minimum atomic E-state index is -4.63. The molecule has 4 aromatic heterocycles. The molecule has 0 spiro atoms. The maximum Gasteiger partial charge on any atom is 0.433 e. The largest absolute Gasteiger partial charge is 0.443 e. The predicted molar refractivity (Wildman–Crippen MR) is 121 cm³/mol. The van der Waals surface area contributed by atoms with Crippen molar-refractivity contribution in [3.8, 4) is 22.8 Å². The lowest BCUT2D eigenvalue weighted by Crippen LogP contribution is -2.46. The van der Waals surface area contributed by atoms with E-state index in [9.17, 15) is 18.0 Å². The number of nitrogens with one attached hydrogen (secondary N) is 1. The number of carbonyl (C=O) groups is 1. The Balaban J connectivity index is 1.54. The number of halogens is 3. The zero-order valence-corrected chi connectivity index (χ0v) is 19.0. The number of anilines is 1. The van der Waals surface area contributed by atoms with E-state index in [1.807, 2.05) is 7.05 Å². The number of hydrogen-bond acceptors (Lipinski definition) is 9. The van der Waals surface area contributed by atoms with Crippen molar-refractivity contribution in [3.05, 3.63) is 48.4 Å². The van der Waals surface area contributed by atoms with E-state index >= 15 is 0 Å². The molecule has 4 aromatic rings. The Morgan fingerprint density at radius 3 is 2.81 bits per heavy atom. The Morgan fingerprint density at radius 1 is 1.25 bits per heavy atom. The first-order valence-corrected chi connectivity index (χ1v) is 10.9. The molecule has 1 atom stereocenters. The van der Waals surface area contributed by atoms with Crippen molar-refractivity contribution < 1.29 is 27.1 Å². The van der Waals surface area contributed by atoms with E-state index in [0.717, 1.165) is 17.1 Å². The average Bonchev–Trinajstić information content (AvgIpc) is 3.52. The predicted octanol–water partition coefficient (Wildman–Crippen LogP) is 2.11. The summed E-state index contributed by atoms with van der Waals surface area (Å²) in [6.45, 7) is 2.20. The molecule has 5 rings (SSSR count). The highest BCUT2D eigenvalue weighted by Crippen LogP contribution is 2.33. The first-order valence-electron chi connectivity index (χ1n) is 10.9. The third-order valence-electron chi connectivity index (χ3n) is 5.67. The number of ether oxygens (including phenoxy) is 1. The molecule has 1 aliphatic heterocycles. The van der Waals surface area contributed by atoms with Crippen LogP contribution in [0.25, 0.3) is 28.5 Å². The molecule has 5 heterocycles. The molecule has 0 saturated carbocycles. The number of nitrogen functional groups attached to an aromatic ring is 1. The van der Waals surface area contributed by atoms with Gasteiger partial charge in [-0.05, 0) is 19.2 Å². The number of nitrogens with zero attached hydrogens (tertiary/aromatic N) is 6. The number of imidazole rings is 1. The Kier molecular flexibility index (Phi) is 6.05. The van der Waals surface area contributed by atoms with Crippen LogP contribution in [0.5, 0.6) is 0 Å². The molecule has 1 unspecified atom stereocenters. The number of pyridine rings is 1. The van der Waals surface area contributed by atoms with Crippen LogP contribution in [0.15, 0.2) is 41.4 Å². The lowest BCUT2D eigenvalue weighted by molar-refractivity contribution is -0.141. The normalized spacial score (nSPS) is 16.9. The number of rotatable bonds is 5. The van der Waals surface area contributed by atoms with Crippen molar-refractivity contribution in [1.82, 2.24) is 34.6 Å².